The number of halogens is 2. The minimum Gasteiger partial charge on any atom is -0.476 e. The highest BCUT2D eigenvalue weighted by molar-refractivity contribution is 9.10. The topological polar surface area (TPSA) is 467 Å². The zero-order chi connectivity index (χ0) is 96.1. The number of anilines is 9. The van der Waals surface area contributed by atoms with Crippen molar-refractivity contribution in [2.75, 3.05) is 98.3 Å². The number of carbonyl (C=O) groups excluding carboxylic acids is 2. The van der Waals surface area contributed by atoms with E-state index >= 15 is 0 Å². The Labute approximate surface area is 788 Å². The number of likely N-dealkylation sites (N-methyl/N-ethyl adjacent to an activating group) is 2. The van der Waals surface area contributed by atoms with Crippen molar-refractivity contribution in [1.29, 1.82) is 0 Å². The molecule has 12 N–H and O–H groups in total. The molecule has 1 aliphatic rings. The van der Waals surface area contributed by atoms with Gasteiger partial charge in [0.15, 0.2) is 50.8 Å². The van der Waals surface area contributed by atoms with Crippen LogP contribution in [0, 0.1) is 0 Å². The standard InChI is InChI=1S/C27H25N7O3.C25H21N7O3.C17H17ClN4O2.C10H9N3O.C5H4BrN.C5H6N2O.C4H12N2.C3H7N/c1-3-37-27(36)22-17-29-25-21(32(2)18-19-10-5-4-6-11-19)16-23(31-34(22)25)30-20-12-9-15-33(26(20)35)24-13-7-8-14-28-24;1-30(16-17-8-3-2-4-9-17)19-14-21(29-32-20(25(34)35)15-27-23(19)32)28-18-10-7-13-31(24(18)33)22-11-5-6-12-26-22;1-3-24-17(23)14-10-19-16-13(9-15(18)20-22(14)16)21(2)11-12-7-5-4-6-8-12;11-8-4-3-7-13(10(8)14)9-5-1-2-6-12-9;6-5-3-1-2-4-7-5;6-4-2-1-3-7-5(4)8;1-5-3-4-6-2;4-3-1-2-3/h4-17H,3,18H2,1-2H3,(H,30,31);2-15H,16H2,1H3,(H,28,29)(H,34,35);4-10H,3,11H2,1-2H3;1-7H,11H2;1-4H;1-3H,6H2,(H,7,8);5-6H,3-4H2,1-2H3;3H,1-2,4H2. The van der Waals surface area contributed by atoms with E-state index in [2.05, 4.69) is 92.4 Å². The fraction of sp³-hybridized carbons (Fsp3) is 0.177. The number of nitrogens with two attached hydrogens (primary N) is 3. The van der Waals surface area contributed by atoms with Crippen molar-refractivity contribution in [3.8, 4) is 17.5 Å². The Morgan fingerprint density at radius 2 is 0.830 bits per heavy atom. The summed E-state index contributed by atoms with van der Waals surface area (Å²) < 4.78 is 19.5. The number of aromatic nitrogens is 17. The lowest BCUT2D eigenvalue weighted by atomic mass is 10.2. The number of nitrogens with one attached hydrogen (secondary N) is 5. The summed E-state index contributed by atoms with van der Waals surface area (Å²) in [4.78, 5) is 123. The lowest BCUT2D eigenvalue weighted by Gasteiger charge is -2.21. The fourth-order valence-corrected chi connectivity index (χ4v) is 13.0. The van der Waals surface area contributed by atoms with E-state index in [0.717, 1.165) is 45.8 Å². The van der Waals surface area contributed by atoms with E-state index in [1.165, 1.54) is 58.7 Å². The van der Waals surface area contributed by atoms with Gasteiger partial charge in [-0.1, -0.05) is 127 Å². The van der Waals surface area contributed by atoms with Crippen molar-refractivity contribution in [3.05, 3.63) is 384 Å². The van der Waals surface area contributed by atoms with Crippen molar-refractivity contribution >= 4 is 114 Å². The van der Waals surface area contributed by atoms with Crippen LogP contribution in [0.4, 0.5) is 51.4 Å². The average Bonchev–Trinajstić information content (AvgIpc) is 1.65. The van der Waals surface area contributed by atoms with Crippen molar-refractivity contribution < 1.29 is 29.0 Å². The minimum atomic E-state index is -1.16. The van der Waals surface area contributed by atoms with Gasteiger partial charge >= 0.3 is 17.9 Å². The Bertz CT molecular complexity index is 6940. The van der Waals surface area contributed by atoms with Gasteiger partial charge in [-0.05, 0) is 170 Å². The monoisotopic (exact) mass is 1910 g/mol. The number of nitrogens with zero attached hydrogens (tertiary/aromatic N) is 19. The zero-order valence-corrected chi connectivity index (χ0v) is 77.2. The van der Waals surface area contributed by atoms with Gasteiger partial charge in [-0.15, -0.1) is 10.2 Å². The molecule has 0 bridgehead atoms. The molecule has 0 unspecified atom stereocenters. The summed E-state index contributed by atoms with van der Waals surface area (Å²) in [6.07, 6.45) is 19.8. The number of imidazole rings is 3. The van der Waals surface area contributed by atoms with E-state index in [-0.39, 0.29) is 74.7 Å². The van der Waals surface area contributed by atoms with Gasteiger partial charge in [0.05, 0.1) is 60.2 Å². The number of ether oxygens (including phenoxy) is 2. The molecule has 39 heteroatoms. The molecule has 3 aromatic carbocycles. The molecule has 0 aliphatic heterocycles. The van der Waals surface area contributed by atoms with Crippen LogP contribution in [0.3, 0.4) is 0 Å². The van der Waals surface area contributed by atoms with Crippen LogP contribution in [0.2, 0.25) is 5.15 Å². The number of H-pyrrole nitrogens is 1. The Hall–Kier alpha value is -16.4. The minimum absolute atomic E-state index is 0.0861. The first-order valence-corrected chi connectivity index (χ1v) is 43.5. The second-order valence-corrected chi connectivity index (χ2v) is 30.6. The number of esters is 2. The lowest BCUT2D eigenvalue weighted by molar-refractivity contribution is 0.0507. The lowest BCUT2D eigenvalue weighted by Crippen LogP contribution is -2.22. The van der Waals surface area contributed by atoms with Gasteiger partial charge in [0, 0.05) is 128 Å². The first-order valence-electron chi connectivity index (χ1n) is 42.3. The van der Waals surface area contributed by atoms with Crippen molar-refractivity contribution in [1.82, 2.24) is 93.0 Å². The van der Waals surface area contributed by atoms with Gasteiger partial charge in [-0.25, -0.2) is 62.8 Å². The summed E-state index contributed by atoms with van der Waals surface area (Å²) in [7, 11) is 9.64. The van der Waals surface area contributed by atoms with Gasteiger partial charge in [-0.3, -0.25) is 32.9 Å². The Morgan fingerprint density at radius 3 is 1.17 bits per heavy atom. The molecule has 694 valence electrons. The van der Waals surface area contributed by atoms with E-state index in [1.807, 2.05) is 171 Å². The van der Waals surface area contributed by atoms with Gasteiger partial charge in [0.25, 0.3) is 22.2 Å². The first kappa shape index (κ1) is 99.2. The molecule has 37 nitrogen and oxygen atoms in total. The number of aromatic carboxylic acids is 1. The normalized spacial score (nSPS) is 10.9. The fourth-order valence-electron chi connectivity index (χ4n) is 12.6. The molecule has 0 spiro atoms. The smallest absolute Gasteiger partial charge is 0.358 e. The number of rotatable bonds is 24. The summed E-state index contributed by atoms with van der Waals surface area (Å²) >= 11 is 9.34. The molecule has 1 saturated carbocycles. The van der Waals surface area contributed by atoms with E-state index in [1.54, 1.807) is 173 Å². The number of carbonyl (C=O) groups is 3. The Morgan fingerprint density at radius 1 is 0.467 bits per heavy atom. The van der Waals surface area contributed by atoms with Crippen LogP contribution < -0.4 is 75.4 Å². The molecule has 0 radical (unpaired) electrons. The molecular formula is C96H101BrClN27O10. The number of hydrogen-bond donors (Lipinski definition) is 9. The van der Waals surface area contributed by atoms with E-state index < -0.39 is 17.9 Å². The van der Waals surface area contributed by atoms with Gasteiger partial charge in [-0.2, -0.15) is 5.10 Å². The highest BCUT2D eigenvalue weighted by Crippen LogP contribution is 2.30. The maximum Gasteiger partial charge on any atom is 0.358 e. The van der Waals surface area contributed by atoms with Crippen LogP contribution >= 0.6 is 27.5 Å². The molecule has 135 heavy (non-hydrogen) atoms. The highest BCUT2D eigenvalue weighted by Gasteiger charge is 2.24. The van der Waals surface area contributed by atoms with Crippen LogP contribution in [0.15, 0.2) is 322 Å². The highest BCUT2D eigenvalue weighted by atomic mass is 79.9. The van der Waals surface area contributed by atoms with Crippen molar-refractivity contribution in [3.63, 3.8) is 0 Å². The van der Waals surface area contributed by atoms with E-state index in [4.69, 9.17) is 38.3 Å². The summed E-state index contributed by atoms with van der Waals surface area (Å²) in [5.41, 5.74) is 23.1. The molecule has 18 rings (SSSR count). The Kier molecular flexibility index (Phi) is 36.8. The summed E-state index contributed by atoms with van der Waals surface area (Å²) in [6, 6.07) is 70.8. The molecule has 0 atom stereocenters. The van der Waals surface area contributed by atoms with Gasteiger partial charge in [0.2, 0.25) is 0 Å². The number of benzene rings is 3. The van der Waals surface area contributed by atoms with Crippen molar-refractivity contribution in [2.45, 2.75) is 52.4 Å². The van der Waals surface area contributed by atoms with Crippen LogP contribution in [-0.4, -0.2) is 173 Å². The molecular weight excluding hydrogens is 1810 g/mol. The van der Waals surface area contributed by atoms with Gasteiger partial charge in [0.1, 0.15) is 33.4 Å². The SMILES string of the molecule is Brc1ccccn1.CCOC(=O)c1cnc2c(N(C)Cc3ccccc3)cc(Cl)nn12.CCOC(=O)c1cnc2c(N(C)Cc3ccccc3)cc(Nc3cccn(-c4ccccn4)c3=O)nn12.CN(Cc1ccccc1)c1cc(Nc2cccn(-c3ccccn3)c2=O)nn2c(C(=O)O)cnc12.CNCCNC.NC1CC1.Nc1ccc[nH]c1=O.Nc1cccn(-c2ccccn2)c1=O. The van der Waals surface area contributed by atoms with Crippen LogP contribution in [-0.2, 0) is 29.1 Å². The number of carboxylic acids is 1. The molecule has 14 aromatic heterocycles. The van der Waals surface area contributed by atoms with Crippen molar-refractivity contribution in [2.24, 2.45) is 5.73 Å². The van der Waals surface area contributed by atoms with Crippen LogP contribution in [0.5, 0.6) is 0 Å². The second-order valence-electron chi connectivity index (χ2n) is 29.4. The maximum absolute atomic E-state index is 13.2. The third kappa shape index (κ3) is 28.3. The molecule has 0 amide bonds. The third-order valence-corrected chi connectivity index (χ3v) is 20.0. The quantitative estimate of drug-likeness (QED) is 0.0154. The van der Waals surface area contributed by atoms with E-state index in [9.17, 15) is 38.7 Å². The van der Waals surface area contributed by atoms with Gasteiger partial charge < -0.3 is 72.7 Å². The zero-order valence-electron chi connectivity index (χ0n) is 74.8. The number of fused-ring (bicyclic) bond motifs is 3. The first-order chi connectivity index (χ1) is 65.4. The number of hydrogen-bond acceptors (Lipinski definition) is 29. The molecule has 14 heterocycles. The largest absolute Gasteiger partial charge is 0.476 e. The molecule has 1 aliphatic carbocycles. The summed E-state index contributed by atoms with van der Waals surface area (Å²) in [6.45, 7) is 7.94. The number of pyridine rings is 8. The summed E-state index contributed by atoms with van der Waals surface area (Å²) in [5.74, 6) is 0.0501. The van der Waals surface area contributed by atoms with Crippen LogP contribution in [0.1, 0.15) is 74.8 Å². The predicted octanol–water partition coefficient (Wildman–Crippen LogP) is 12.5. The molecule has 1 fully saturated rings. The summed E-state index contributed by atoms with van der Waals surface area (Å²) in [5, 5.41) is 35.3. The van der Waals surface area contributed by atoms with E-state index in [0.29, 0.717) is 83.1 Å². The van der Waals surface area contributed by atoms with Crippen LogP contribution in [0.25, 0.3) is 34.4 Å². The Balaban J connectivity index is 0.000000164. The molecule has 0 saturated heterocycles. The number of nitrogen functional groups attached to an aromatic ring is 2. The average molecular weight is 1910 g/mol. The number of aromatic amines is 1. The second kappa shape index (κ2) is 50.1. The molecule has 17 aromatic rings. The third-order valence-electron chi connectivity index (χ3n) is 19.3. The maximum atomic E-state index is 13.2. The predicted molar refractivity (Wildman–Crippen MR) is 527 cm³/mol. The number of carboxylic acid groups (broad SMARTS) is 1.